The molecular weight excluding hydrogens is 326 g/mol. The first kappa shape index (κ1) is 19.2. The first-order valence-electron chi connectivity index (χ1n) is 8.44. The fraction of sp³-hybridized carbons (Fsp3) is 0.611. The Hall–Kier alpha value is -2.15. The van der Waals surface area contributed by atoms with Crippen LogP contribution in [-0.4, -0.2) is 56.8 Å². The van der Waals surface area contributed by atoms with Crippen LogP contribution in [0.3, 0.4) is 0 Å². The van der Waals surface area contributed by atoms with Crippen molar-refractivity contribution in [3.8, 4) is 0 Å². The van der Waals surface area contributed by atoms with Crippen molar-refractivity contribution in [3.63, 3.8) is 0 Å². The topological polar surface area (TPSA) is 115 Å². The van der Waals surface area contributed by atoms with Crippen molar-refractivity contribution in [3.05, 3.63) is 22.8 Å². The van der Waals surface area contributed by atoms with Crippen LogP contribution in [0.15, 0.2) is 22.8 Å². The van der Waals surface area contributed by atoms with Gasteiger partial charge in [0, 0.05) is 13.1 Å². The summed E-state index contributed by atoms with van der Waals surface area (Å²) in [6.07, 6.45) is 2.38. The zero-order valence-electron chi connectivity index (χ0n) is 14.8. The first-order valence-corrected chi connectivity index (χ1v) is 8.44. The number of carboxylic acids is 2. The normalized spacial score (nSPS) is 26.2. The molecule has 0 aromatic heterocycles. The van der Waals surface area contributed by atoms with Crippen LogP contribution < -0.4 is 0 Å². The van der Waals surface area contributed by atoms with E-state index < -0.39 is 28.9 Å². The number of carboxylic acid groups (broad SMARTS) is 2. The van der Waals surface area contributed by atoms with Gasteiger partial charge in [-0.05, 0) is 45.1 Å². The van der Waals surface area contributed by atoms with Gasteiger partial charge in [0.25, 0.3) is 5.91 Å². The molecule has 7 nitrogen and oxygen atoms in total. The Labute approximate surface area is 146 Å². The molecule has 3 N–H and O–H groups in total. The molecule has 0 radical (unpaired) electrons. The minimum atomic E-state index is -1.30. The molecule has 25 heavy (non-hydrogen) atoms. The third-order valence-corrected chi connectivity index (χ3v) is 5.34. The Bertz CT molecular complexity index is 665. The number of rotatable bonds is 4. The quantitative estimate of drug-likeness (QED) is 0.708. The molecule has 1 aliphatic carbocycles. The zero-order valence-corrected chi connectivity index (χ0v) is 14.8. The number of carbonyl (C=O) groups is 3. The number of likely N-dealkylation sites (tertiary alicyclic amines) is 1. The van der Waals surface area contributed by atoms with Crippen LogP contribution in [0.5, 0.6) is 0 Å². The van der Waals surface area contributed by atoms with Crippen LogP contribution in [0, 0.1) is 5.41 Å². The van der Waals surface area contributed by atoms with Crippen molar-refractivity contribution in [1.29, 1.82) is 0 Å². The summed E-state index contributed by atoms with van der Waals surface area (Å²) in [5.41, 5.74) is -1.80. The molecular formula is C18H25NO6. The summed E-state index contributed by atoms with van der Waals surface area (Å²) in [6.45, 7) is 5.67. The molecule has 0 bridgehead atoms. The van der Waals surface area contributed by atoms with E-state index in [1.807, 2.05) is 0 Å². The SMILES string of the molecule is CCC1(C(=O)O)C=C(C)C(C(=O)N2CCC(C)(O)CC2)=C(C(=O)O)C1. The van der Waals surface area contributed by atoms with Gasteiger partial charge in [0.05, 0.1) is 22.2 Å². The lowest BCUT2D eigenvalue weighted by Gasteiger charge is -2.38. The summed E-state index contributed by atoms with van der Waals surface area (Å²) in [5, 5.41) is 29.1. The van der Waals surface area contributed by atoms with Gasteiger partial charge in [-0.1, -0.05) is 13.0 Å². The maximum Gasteiger partial charge on any atom is 0.332 e. The minimum Gasteiger partial charge on any atom is -0.481 e. The number of piperidine rings is 1. The van der Waals surface area contributed by atoms with Crippen molar-refractivity contribution in [1.82, 2.24) is 4.90 Å². The largest absolute Gasteiger partial charge is 0.481 e. The summed E-state index contributed by atoms with van der Waals surface area (Å²) in [4.78, 5) is 37.9. The van der Waals surface area contributed by atoms with Crippen molar-refractivity contribution in [2.75, 3.05) is 13.1 Å². The third kappa shape index (κ3) is 3.61. The number of carbonyl (C=O) groups excluding carboxylic acids is 1. The Balaban J connectivity index is 2.39. The van der Waals surface area contributed by atoms with Crippen LogP contribution in [0.25, 0.3) is 0 Å². The van der Waals surface area contributed by atoms with E-state index in [0.717, 1.165) is 0 Å². The van der Waals surface area contributed by atoms with E-state index in [4.69, 9.17) is 0 Å². The maximum absolute atomic E-state index is 12.9. The highest BCUT2D eigenvalue weighted by Crippen LogP contribution is 2.41. The van der Waals surface area contributed by atoms with E-state index in [0.29, 0.717) is 31.5 Å². The van der Waals surface area contributed by atoms with Crippen molar-refractivity contribution < 1.29 is 29.7 Å². The van der Waals surface area contributed by atoms with Gasteiger partial charge in [0.15, 0.2) is 0 Å². The Kier molecular flexibility index (Phi) is 5.09. The smallest absolute Gasteiger partial charge is 0.332 e. The van der Waals surface area contributed by atoms with Gasteiger partial charge in [-0.2, -0.15) is 0 Å². The molecule has 0 aromatic rings. The van der Waals surface area contributed by atoms with E-state index >= 15 is 0 Å². The number of hydrogen-bond acceptors (Lipinski definition) is 4. The molecule has 0 saturated carbocycles. The Morgan fingerprint density at radius 2 is 1.76 bits per heavy atom. The van der Waals surface area contributed by atoms with Gasteiger partial charge < -0.3 is 20.2 Å². The number of amides is 1. The maximum atomic E-state index is 12.9. The van der Waals surface area contributed by atoms with Gasteiger partial charge >= 0.3 is 11.9 Å². The predicted octanol–water partition coefficient (Wildman–Crippen LogP) is 1.57. The van der Waals surface area contributed by atoms with Crippen LogP contribution in [0.1, 0.15) is 46.5 Å². The molecule has 138 valence electrons. The van der Waals surface area contributed by atoms with Crippen LogP contribution in [0.4, 0.5) is 0 Å². The van der Waals surface area contributed by atoms with Gasteiger partial charge in [0.2, 0.25) is 0 Å². The molecule has 2 rings (SSSR count). The number of aliphatic hydroxyl groups is 1. The lowest BCUT2D eigenvalue weighted by atomic mass is 9.71. The second-order valence-corrected chi connectivity index (χ2v) is 7.27. The number of nitrogens with zero attached hydrogens (tertiary/aromatic N) is 1. The van der Waals surface area contributed by atoms with Crippen LogP contribution in [0.2, 0.25) is 0 Å². The highest BCUT2D eigenvalue weighted by atomic mass is 16.4. The van der Waals surface area contributed by atoms with Crippen molar-refractivity contribution >= 4 is 17.8 Å². The predicted molar refractivity (Wildman–Crippen MR) is 89.8 cm³/mol. The molecule has 1 unspecified atom stereocenters. The standard InChI is InChI=1S/C18H25NO6/c1-4-18(16(23)24)9-11(2)13(12(10-18)15(21)22)14(20)19-7-5-17(3,25)6-8-19/h9,25H,4-8,10H2,1-3H3,(H,21,22)(H,23,24). The van der Waals surface area contributed by atoms with E-state index in [2.05, 4.69) is 0 Å². The third-order valence-electron chi connectivity index (χ3n) is 5.34. The van der Waals surface area contributed by atoms with Gasteiger partial charge in [-0.15, -0.1) is 0 Å². The molecule has 0 spiro atoms. The summed E-state index contributed by atoms with van der Waals surface area (Å²) in [5.74, 6) is -2.76. The molecule has 1 fully saturated rings. The van der Waals surface area contributed by atoms with E-state index in [-0.39, 0.29) is 24.0 Å². The monoisotopic (exact) mass is 351 g/mol. The average Bonchev–Trinajstić information content (AvgIpc) is 2.53. The second-order valence-electron chi connectivity index (χ2n) is 7.27. The molecule has 1 aliphatic heterocycles. The molecule has 1 saturated heterocycles. The highest BCUT2D eigenvalue weighted by Gasteiger charge is 2.43. The Morgan fingerprint density at radius 1 is 1.20 bits per heavy atom. The van der Waals surface area contributed by atoms with Crippen LogP contribution >= 0.6 is 0 Å². The van der Waals surface area contributed by atoms with Crippen LogP contribution in [-0.2, 0) is 14.4 Å². The fourth-order valence-corrected chi connectivity index (χ4v) is 3.53. The highest BCUT2D eigenvalue weighted by molar-refractivity contribution is 6.07. The summed E-state index contributed by atoms with van der Waals surface area (Å²) in [6, 6.07) is 0. The van der Waals surface area contributed by atoms with Crippen molar-refractivity contribution in [2.24, 2.45) is 5.41 Å². The van der Waals surface area contributed by atoms with E-state index in [1.54, 1.807) is 20.8 Å². The first-order chi connectivity index (χ1) is 11.5. The fourth-order valence-electron chi connectivity index (χ4n) is 3.53. The minimum absolute atomic E-state index is 0.0827. The molecule has 1 heterocycles. The summed E-state index contributed by atoms with van der Waals surface area (Å²) >= 11 is 0. The summed E-state index contributed by atoms with van der Waals surface area (Å²) in [7, 11) is 0. The number of hydrogen-bond donors (Lipinski definition) is 3. The molecule has 7 heteroatoms. The zero-order chi connectivity index (χ0) is 19.0. The number of aliphatic carboxylic acids is 2. The second kappa shape index (κ2) is 6.63. The van der Waals surface area contributed by atoms with Gasteiger partial charge in [-0.3, -0.25) is 9.59 Å². The summed E-state index contributed by atoms with van der Waals surface area (Å²) < 4.78 is 0. The Morgan fingerprint density at radius 3 is 2.20 bits per heavy atom. The molecule has 1 atom stereocenters. The molecule has 1 amide bonds. The van der Waals surface area contributed by atoms with E-state index in [9.17, 15) is 29.7 Å². The molecule has 0 aromatic carbocycles. The van der Waals surface area contributed by atoms with Crippen molar-refractivity contribution in [2.45, 2.75) is 52.1 Å². The lowest BCUT2D eigenvalue weighted by Crippen LogP contribution is -2.46. The van der Waals surface area contributed by atoms with Gasteiger partial charge in [-0.25, -0.2) is 4.79 Å². The van der Waals surface area contributed by atoms with Gasteiger partial charge in [0.1, 0.15) is 0 Å². The average molecular weight is 351 g/mol. The lowest BCUT2D eigenvalue weighted by molar-refractivity contribution is -0.146. The van der Waals surface area contributed by atoms with E-state index in [1.165, 1.54) is 11.0 Å². The molecule has 2 aliphatic rings.